The number of carbonyl (C=O) groups is 1. The highest BCUT2D eigenvalue weighted by atomic mass is 16.1. The molecule has 1 heteroatoms. The van der Waals surface area contributed by atoms with Crippen LogP contribution in [0.5, 0.6) is 0 Å². The SMILES string of the molecule is CCCCC=O.CCCCCC. The van der Waals surface area contributed by atoms with Crippen LogP contribution in [-0.4, -0.2) is 6.29 Å². The fourth-order valence-electron chi connectivity index (χ4n) is 0.787. The first-order valence-electron chi connectivity index (χ1n) is 5.27. The van der Waals surface area contributed by atoms with Crippen LogP contribution in [0.2, 0.25) is 0 Å². The number of hydrogen-bond donors (Lipinski definition) is 0. The van der Waals surface area contributed by atoms with Crippen LogP contribution in [0.4, 0.5) is 0 Å². The van der Waals surface area contributed by atoms with Gasteiger partial charge in [-0.25, -0.2) is 0 Å². The molecule has 0 spiro atoms. The van der Waals surface area contributed by atoms with Gasteiger partial charge in [0.1, 0.15) is 6.29 Å². The Morgan fingerprint density at radius 3 is 1.42 bits per heavy atom. The molecule has 0 radical (unpaired) electrons. The van der Waals surface area contributed by atoms with E-state index in [2.05, 4.69) is 20.8 Å². The monoisotopic (exact) mass is 172 g/mol. The maximum atomic E-state index is 9.56. The zero-order chi connectivity index (χ0) is 9.66. The van der Waals surface area contributed by atoms with Gasteiger partial charge in [-0.3, -0.25) is 0 Å². The van der Waals surface area contributed by atoms with E-state index in [1.54, 1.807) is 0 Å². The molecule has 0 unspecified atom stereocenters. The van der Waals surface area contributed by atoms with Crippen molar-refractivity contribution in [3.05, 3.63) is 0 Å². The van der Waals surface area contributed by atoms with E-state index in [-0.39, 0.29) is 0 Å². The molecule has 0 heterocycles. The van der Waals surface area contributed by atoms with Crippen molar-refractivity contribution in [2.24, 2.45) is 0 Å². The van der Waals surface area contributed by atoms with Gasteiger partial charge in [0.05, 0.1) is 0 Å². The molecule has 0 atom stereocenters. The van der Waals surface area contributed by atoms with Crippen LogP contribution in [0.1, 0.15) is 65.7 Å². The molecular weight excluding hydrogens is 148 g/mol. The highest BCUT2D eigenvalue weighted by Crippen LogP contribution is 1.95. The van der Waals surface area contributed by atoms with Crippen LogP contribution < -0.4 is 0 Å². The van der Waals surface area contributed by atoms with Crippen molar-refractivity contribution in [2.75, 3.05) is 0 Å². The lowest BCUT2D eigenvalue weighted by Crippen LogP contribution is -1.70. The molecule has 0 rings (SSSR count). The summed E-state index contributed by atoms with van der Waals surface area (Å²) in [6, 6.07) is 0. The summed E-state index contributed by atoms with van der Waals surface area (Å²) in [4.78, 5) is 9.56. The van der Waals surface area contributed by atoms with Crippen molar-refractivity contribution in [1.29, 1.82) is 0 Å². The Balaban J connectivity index is 0. The number of rotatable bonds is 6. The highest BCUT2D eigenvalue weighted by molar-refractivity contribution is 5.48. The molecule has 0 saturated carbocycles. The van der Waals surface area contributed by atoms with Gasteiger partial charge in [-0.15, -0.1) is 0 Å². The van der Waals surface area contributed by atoms with Crippen LogP contribution in [0, 0.1) is 0 Å². The molecule has 0 N–H and O–H groups in total. The zero-order valence-electron chi connectivity index (χ0n) is 8.94. The summed E-state index contributed by atoms with van der Waals surface area (Å²) >= 11 is 0. The summed E-state index contributed by atoms with van der Waals surface area (Å²) < 4.78 is 0. The van der Waals surface area contributed by atoms with E-state index in [0.717, 1.165) is 25.5 Å². The predicted octanol–water partition coefficient (Wildman–Crippen LogP) is 3.96. The van der Waals surface area contributed by atoms with Gasteiger partial charge in [0.15, 0.2) is 0 Å². The molecule has 0 bridgehead atoms. The van der Waals surface area contributed by atoms with Crippen LogP contribution >= 0.6 is 0 Å². The second kappa shape index (κ2) is 17.0. The molecule has 0 fully saturated rings. The van der Waals surface area contributed by atoms with E-state index < -0.39 is 0 Å². The summed E-state index contributed by atoms with van der Waals surface area (Å²) in [5.41, 5.74) is 0. The average Bonchev–Trinajstić information content (AvgIpc) is 2.12. The van der Waals surface area contributed by atoms with E-state index in [9.17, 15) is 4.79 Å². The standard InChI is InChI=1S/C6H14.C5H10O/c1-3-5-6-4-2;1-2-3-4-5-6/h3-6H2,1-2H3;5H,2-4H2,1H3. The number of carbonyl (C=O) groups excluding carboxylic acids is 1. The van der Waals surface area contributed by atoms with Gasteiger partial charge in [-0.05, 0) is 6.42 Å². The van der Waals surface area contributed by atoms with E-state index in [1.165, 1.54) is 25.7 Å². The molecule has 0 saturated heterocycles. The molecule has 0 aliphatic heterocycles. The van der Waals surface area contributed by atoms with Crippen molar-refractivity contribution in [2.45, 2.75) is 65.7 Å². The van der Waals surface area contributed by atoms with Gasteiger partial charge < -0.3 is 4.79 Å². The van der Waals surface area contributed by atoms with Gasteiger partial charge >= 0.3 is 0 Å². The van der Waals surface area contributed by atoms with Crippen LogP contribution in [0.25, 0.3) is 0 Å². The topological polar surface area (TPSA) is 17.1 Å². The fraction of sp³-hybridized carbons (Fsp3) is 0.909. The molecule has 0 aromatic rings. The van der Waals surface area contributed by atoms with Crippen molar-refractivity contribution >= 4 is 6.29 Å². The van der Waals surface area contributed by atoms with E-state index >= 15 is 0 Å². The quantitative estimate of drug-likeness (QED) is 0.438. The smallest absolute Gasteiger partial charge is 0.119 e. The first-order valence-corrected chi connectivity index (χ1v) is 5.27. The Morgan fingerprint density at radius 2 is 1.25 bits per heavy atom. The Morgan fingerprint density at radius 1 is 0.833 bits per heavy atom. The fourth-order valence-corrected chi connectivity index (χ4v) is 0.787. The second-order valence-corrected chi connectivity index (χ2v) is 3.02. The minimum absolute atomic E-state index is 0.733. The predicted molar refractivity (Wildman–Crippen MR) is 55.4 cm³/mol. The van der Waals surface area contributed by atoms with Crippen molar-refractivity contribution in [1.82, 2.24) is 0 Å². The molecule has 0 aliphatic rings. The van der Waals surface area contributed by atoms with Crippen molar-refractivity contribution in [3.8, 4) is 0 Å². The Hall–Kier alpha value is -0.330. The number of aldehydes is 1. The molecule has 0 amide bonds. The van der Waals surface area contributed by atoms with Gasteiger partial charge in [0, 0.05) is 6.42 Å². The van der Waals surface area contributed by atoms with Crippen LogP contribution in [0.3, 0.4) is 0 Å². The minimum atomic E-state index is 0.733. The Kier molecular flexibility index (Phi) is 20.1. The molecule has 0 aromatic carbocycles. The molecular formula is C11H24O. The van der Waals surface area contributed by atoms with E-state index in [1.807, 2.05) is 0 Å². The molecule has 12 heavy (non-hydrogen) atoms. The Labute approximate surface area is 77.6 Å². The van der Waals surface area contributed by atoms with E-state index in [0.29, 0.717) is 0 Å². The first kappa shape index (κ1) is 14.2. The maximum absolute atomic E-state index is 9.56. The second-order valence-electron chi connectivity index (χ2n) is 3.02. The van der Waals surface area contributed by atoms with Crippen molar-refractivity contribution in [3.63, 3.8) is 0 Å². The highest BCUT2D eigenvalue weighted by Gasteiger charge is 1.75. The molecule has 1 nitrogen and oxygen atoms in total. The van der Waals surface area contributed by atoms with Crippen LogP contribution in [0.15, 0.2) is 0 Å². The first-order chi connectivity index (χ1) is 5.83. The number of unbranched alkanes of at least 4 members (excludes halogenated alkanes) is 5. The van der Waals surface area contributed by atoms with Gasteiger partial charge in [-0.1, -0.05) is 52.9 Å². The van der Waals surface area contributed by atoms with Gasteiger partial charge in [0.25, 0.3) is 0 Å². The zero-order valence-corrected chi connectivity index (χ0v) is 8.94. The van der Waals surface area contributed by atoms with Gasteiger partial charge in [0.2, 0.25) is 0 Å². The lowest BCUT2D eigenvalue weighted by atomic mass is 10.2. The number of hydrogen-bond acceptors (Lipinski definition) is 1. The Bertz CT molecular complexity index is 65.4. The van der Waals surface area contributed by atoms with Gasteiger partial charge in [-0.2, -0.15) is 0 Å². The molecule has 0 aromatic heterocycles. The van der Waals surface area contributed by atoms with E-state index in [4.69, 9.17) is 0 Å². The largest absolute Gasteiger partial charge is 0.303 e. The summed E-state index contributed by atoms with van der Waals surface area (Å²) in [6.45, 7) is 6.54. The van der Waals surface area contributed by atoms with Crippen LogP contribution in [-0.2, 0) is 4.79 Å². The average molecular weight is 172 g/mol. The third-order valence-corrected chi connectivity index (χ3v) is 1.63. The lowest BCUT2D eigenvalue weighted by molar-refractivity contribution is -0.107. The lowest BCUT2D eigenvalue weighted by Gasteiger charge is -1.86. The summed E-state index contributed by atoms with van der Waals surface area (Å²) in [5.74, 6) is 0. The summed E-state index contributed by atoms with van der Waals surface area (Å²) in [5, 5.41) is 0. The normalized spacial score (nSPS) is 8.58. The molecule has 74 valence electrons. The third-order valence-electron chi connectivity index (χ3n) is 1.63. The van der Waals surface area contributed by atoms with Crippen molar-refractivity contribution < 1.29 is 4.79 Å². The molecule has 0 aliphatic carbocycles. The minimum Gasteiger partial charge on any atom is -0.303 e. The summed E-state index contributed by atoms with van der Waals surface area (Å²) in [7, 11) is 0. The maximum Gasteiger partial charge on any atom is 0.119 e. The third kappa shape index (κ3) is 22.6. The summed E-state index contributed by atoms with van der Waals surface area (Å²) in [6.07, 6.45) is 9.40.